The molecule has 3 heterocycles. The lowest BCUT2D eigenvalue weighted by Gasteiger charge is -2.18. The normalized spacial score (nSPS) is 12.4. The molecule has 1 aliphatic rings. The number of aromatic nitrogens is 1. The van der Waals surface area contributed by atoms with Crippen LogP contribution in [0.25, 0.3) is 11.1 Å². The van der Waals surface area contributed by atoms with Crippen molar-refractivity contribution in [3.05, 3.63) is 59.2 Å². The molecule has 0 aliphatic carbocycles. The summed E-state index contributed by atoms with van der Waals surface area (Å²) in [6.07, 6.45) is 3.47. The van der Waals surface area contributed by atoms with Gasteiger partial charge in [-0.3, -0.25) is 4.98 Å². The third-order valence-electron chi connectivity index (χ3n) is 3.81. The van der Waals surface area contributed by atoms with Crippen LogP contribution in [0.15, 0.2) is 48.1 Å². The first-order chi connectivity index (χ1) is 12.3. The zero-order valence-corrected chi connectivity index (χ0v) is 14.1. The third kappa shape index (κ3) is 3.14. The largest absolute Gasteiger partial charge is 0.486 e. The molecule has 0 bridgehead atoms. The Morgan fingerprint density at radius 2 is 2.08 bits per heavy atom. The molecule has 6 heteroatoms. The van der Waals surface area contributed by atoms with E-state index in [1.807, 2.05) is 35.7 Å². The van der Waals surface area contributed by atoms with Crippen molar-refractivity contribution >= 4 is 11.3 Å². The second kappa shape index (κ2) is 6.83. The molecule has 0 N–H and O–H groups in total. The van der Waals surface area contributed by atoms with Gasteiger partial charge in [0, 0.05) is 28.9 Å². The van der Waals surface area contributed by atoms with E-state index >= 15 is 0 Å². The molecule has 0 saturated carbocycles. The summed E-state index contributed by atoms with van der Waals surface area (Å²) >= 11 is 1.42. The summed E-state index contributed by atoms with van der Waals surface area (Å²) in [6, 6.07) is 11.8. The molecule has 25 heavy (non-hydrogen) atoms. The minimum atomic E-state index is 0.379. The Morgan fingerprint density at radius 3 is 2.88 bits per heavy atom. The smallest absolute Gasteiger partial charge is 0.192 e. The predicted molar refractivity (Wildman–Crippen MR) is 94.0 cm³/mol. The van der Waals surface area contributed by atoms with E-state index < -0.39 is 0 Å². The van der Waals surface area contributed by atoms with Crippen molar-refractivity contribution in [2.45, 2.75) is 6.61 Å². The van der Waals surface area contributed by atoms with Gasteiger partial charge in [-0.1, -0.05) is 12.1 Å². The van der Waals surface area contributed by atoms with Crippen LogP contribution in [-0.4, -0.2) is 18.2 Å². The van der Waals surface area contributed by atoms with Gasteiger partial charge in [-0.25, -0.2) is 0 Å². The molecule has 2 aromatic heterocycles. The van der Waals surface area contributed by atoms with E-state index in [4.69, 9.17) is 14.2 Å². The Hall–Kier alpha value is -3.04. The van der Waals surface area contributed by atoms with E-state index in [1.54, 1.807) is 12.4 Å². The first-order valence-corrected chi connectivity index (χ1v) is 8.66. The van der Waals surface area contributed by atoms with E-state index in [-0.39, 0.29) is 0 Å². The zero-order chi connectivity index (χ0) is 17.1. The van der Waals surface area contributed by atoms with E-state index in [2.05, 4.69) is 11.1 Å². The second-order valence-corrected chi connectivity index (χ2v) is 6.27. The summed E-state index contributed by atoms with van der Waals surface area (Å²) in [6.45, 7) is 1.47. The minimum absolute atomic E-state index is 0.379. The van der Waals surface area contributed by atoms with Gasteiger partial charge in [0.2, 0.25) is 0 Å². The molecule has 124 valence electrons. The molecular formula is C19H14N2O3S. The Morgan fingerprint density at radius 1 is 1.20 bits per heavy atom. The molecule has 3 aromatic rings. The first-order valence-electron chi connectivity index (χ1n) is 7.78. The molecular weight excluding hydrogens is 336 g/mol. The maximum absolute atomic E-state index is 9.59. The van der Waals surface area contributed by atoms with Crippen molar-refractivity contribution in [2.75, 3.05) is 13.2 Å². The van der Waals surface area contributed by atoms with Crippen molar-refractivity contribution < 1.29 is 14.2 Å². The molecule has 0 atom stereocenters. The summed E-state index contributed by atoms with van der Waals surface area (Å²) in [4.78, 5) is 4.07. The maximum atomic E-state index is 9.59. The lowest BCUT2D eigenvalue weighted by atomic mass is 10.0. The average molecular weight is 350 g/mol. The topological polar surface area (TPSA) is 64.4 Å². The van der Waals surface area contributed by atoms with Gasteiger partial charge >= 0.3 is 0 Å². The Bertz CT molecular complexity index is 932. The average Bonchev–Trinajstić information content (AvgIpc) is 3.09. The van der Waals surface area contributed by atoms with Crippen LogP contribution in [0.5, 0.6) is 16.6 Å². The quantitative estimate of drug-likeness (QED) is 0.711. The minimum Gasteiger partial charge on any atom is -0.486 e. The molecule has 0 radical (unpaired) electrons. The fourth-order valence-corrected chi connectivity index (χ4v) is 3.49. The highest BCUT2D eigenvalue weighted by Crippen LogP contribution is 2.40. The summed E-state index contributed by atoms with van der Waals surface area (Å²) in [5, 5.41) is 12.1. The van der Waals surface area contributed by atoms with Gasteiger partial charge in [-0.05, 0) is 23.8 Å². The molecule has 0 saturated heterocycles. The number of thiophene rings is 1. The molecule has 0 fully saturated rings. The van der Waals surface area contributed by atoms with Gasteiger partial charge in [-0.2, -0.15) is 5.26 Å². The number of nitrogens with zero attached hydrogens (tertiary/aromatic N) is 2. The highest BCUT2D eigenvalue weighted by atomic mass is 32.1. The number of pyridine rings is 1. The summed E-state index contributed by atoms with van der Waals surface area (Å²) in [7, 11) is 0. The van der Waals surface area contributed by atoms with Crippen molar-refractivity contribution in [1.82, 2.24) is 4.98 Å². The number of hydrogen-bond acceptors (Lipinski definition) is 6. The van der Waals surface area contributed by atoms with Crippen LogP contribution in [0.3, 0.4) is 0 Å². The summed E-state index contributed by atoms with van der Waals surface area (Å²) in [5.41, 5.74) is 3.24. The van der Waals surface area contributed by atoms with Crippen LogP contribution in [0.4, 0.5) is 0 Å². The monoisotopic (exact) mass is 350 g/mol. The lowest BCUT2D eigenvalue weighted by Crippen LogP contribution is -2.15. The number of hydrogen-bond donors (Lipinski definition) is 0. The van der Waals surface area contributed by atoms with Crippen LogP contribution in [-0.2, 0) is 6.61 Å². The van der Waals surface area contributed by atoms with Crippen molar-refractivity contribution in [3.63, 3.8) is 0 Å². The number of rotatable bonds is 4. The molecule has 4 rings (SSSR count). The SMILES string of the molecule is N#Cc1c(-c2ccc3c(c2)OCCO3)csc1OCc1cccnc1. The van der Waals surface area contributed by atoms with Gasteiger partial charge < -0.3 is 14.2 Å². The van der Waals surface area contributed by atoms with Gasteiger partial charge in [0.15, 0.2) is 16.6 Å². The second-order valence-electron chi connectivity index (χ2n) is 5.43. The maximum Gasteiger partial charge on any atom is 0.192 e. The number of fused-ring (bicyclic) bond motifs is 1. The molecule has 1 aliphatic heterocycles. The fraction of sp³-hybridized carbons (Fsp3) is 0.158. The van der Waals surface area contributed by atoms with E-state index in [1.165, 1.54) is 11.3 Å². The van der Waals surface area contributed by atoms with Gasteiger partial charge in [0.25, 0.3) is 0 Å². The van der Waals surface area contributed by atoms with Crippen LogP contribution in [0.1, 0.15) is 11.1 Å². The van der Waals surface area contributed by atoms with Crippen molar-refractivity contribution in [1.29, 1.82) is 5.26 Å². The third-order valence-corrected chi connectivity index (χ3v) is 4.70. The molecule has 0 amide bonds. The van der Waals surface area contributed by atoms with Gasteiger partial charge in [-0.15, -0.1) is 11.3 Å². The van der Waals surface area contributed by atoms with Crippen LogP contribution >= 0.6 is 11.3 Å². The molecule has 1 aromatic carbocycles. The van der Waals surface area contributed by atoms with Gasteiger partial charge in [0.05, 0.1) is 0 Å². The van der Waals surface area contributed by atoms with Crippen molar-refractivity contribution in [2.24, 2.45) is 0 Å². The zero-order valence-electron chi connectivity index (χ0n) is 13.3. The lowest BCUT2D eigenvalue weighted by molar-refractivity contribution is 0.171. The van der Waals surface area contributed by atoms with Gasteiger partial charge in [0.1, 0.15) is 31.5 Å². The summed E-state index contributed by atoms with van der Waals surface area (Å²) in [5.74, 6) is 1.44. The first kappa shape index (κ1) is 15.5. The van der Waals surface area contributed by atoms with E-state index in [0.29, 0.717) is 36.2 Å². The van der Waals surface area contributed by atoms with Crippen LogP contribution in [0.2, 0.25) is 0 Å². The Kier molecular flexibility index (Phi) is 4.23. The number of nitriles is 1. The number of benzene rings is 1. The predicted octanol–water partition coefficient (Wildman–Crippen LogP) is 4.03. The Labute approximate surface area is 149 Å². The highest BCUT2D eigenvalue weighted by molar-refractivity contribution is 7.12. The molecule has 5 nitrogen and oxygen atoms in total. The van der Waals surface area contributed by atoms with E-state index in [9.17, 15) is 5.26 Å². The number of ether oxygens (including phenoxy) is 3. The highest BCUT2D eigenvalue weighted by Gasteiger charge is 2.18. The van der Waals surface area contributed by atoms with Crippen LogP contribution in [0, 0.1) is 11.3 Å². The fourth-order valence-electron chi connectivity index (χ4n) is 2.61. The summed E-state index contributed by atoms with van der Waals surface area (Å²) < 4.78 is 17.0. The standard InChI is InChI=1S/C19H14N2O3S/c20-9-15-16(14-3-4-17-18(8-14)23-7-6-22-17)12-25-19(15)24-11-13-2-1-5-21-10-13/h1-5,8,10,12H,6-7,11H2. The molecule has 0 unspecified atom stereocenters. The van der Waals surface area contributed by atoms with Crippen molar-refractivity contribution in [3.8, 4) is 33.8 Å². The van der Waals surface area contributed by atoms with Crippen LogP contribution < -0.4 is 14.2 Å². The van der Waals surface area contributed by atoms with E-state index in [0.717, 1.165) is 22.4 Å². The Balaban J connectivity index is 1.61. The molecule has 0 spiro atoms.